The summed E-state index contributed by atoms with van der Waals surface area (Å²) in [6, 6.07) is 10.9. The second kappa shape index (κ2) is 14.6. The number of carbonyl (C=O) groups excluding carboxylic acids is 1. The van der Waals surface area contributed by atoms with E-state index in [0.29, 0.717) is 13.0 Å². The lowest BCUT2D eigenvalue weighted by Crippen LogP contribution is -2.34. The third kappa shape index (κ3) is 7.79. The molecule has 0 bridgehead atoms. The molecule has 3 rings (SSSR count). The molecule has 1 aromatic carbocycles. The molecule has 10 heteroatoms. The molecule has 0 radical (unpaired) electrons. The van der Waals surface area contributed by atoms with E-state index in [1.807, 2.05) is 37.4 Å². The van der Waals surface area contributed by atoms with Gasteiger partial charge in [-0.2, -0.15) is 0 Å². The van der Waals surface area contributed by atoms with E-state index >= 15 is 0 Å². The summed E-state index contributed by atoms with van der Waals surface area (Å²) in [6.07, 6.45) is 4.85. The molecule has 0 fully saturated rings. The molecule has 2 atom stereocenters. The van der Waals surface area contributed by atoms with E-state index in [1.54, 1.807) is 21.5 Å². The second-order valence-corrected chi connectivity index (χ2v) is 8.60. The van der Waals surface area contributed by atoms with Crippen LogP contribution in [0.5, 0.6) is 0 Å². The number of unbranched alkanes of at least 4 members (excludes halogenated alkanes) is 3. The van der Waals surface area contributed by atoms with Gasteiger partial charge in [0.15, 0.2) is 5.76 Å². The Balaban J connectivity index is 1.75. The standard InChI is InChI=1S/C26H37N3O7/c1-28-22(19-24(32)29(28)21-9-5-4-6-10-21)20-17-23(26(33)27-11-7-2-3-8-12-30)36-25(18-20)35-16-15-34-14-13-31/h4-6,9-10,17,19-20,25,30-31H,2-3,7-8,11-16,18H2,1H3,(H,27,33)/t20-,25+/m0/s1. The number of ether oxygens (including phenoxy) is 3. The monoisotopic (exact) mass is 503 g/mol. The van der Waals surface area contributed by atoms with Gasteiger partial charge in [0.2, 0.25) is 6.29 Å². The molecular weight excluding hydrogens is 466 g/mol. The largest absolute Gasteiger partial charge is 0.459 e. The second-order valence-electron chi connectivity index (χ2n) is 8.60. The fourth-order valence-corrected chi connectivity index (χ4v) is 4.17. The van der Waals surface area contributed by atoms with Gasteiger partial charge in [-0.15, -0.1) is 0 Å². The first-order valence-electron chi connectivity index (χ1n) is 12.5. The predicted octanol–water partition coefficient (Wildman–Crippen LogP) is 1.58. The number of nitrogens with one attached hydrogen (secondary N) is 1. The molecule has 1 amide bonds. The van der Waals surface area contributed by atoms with Crippen LogP contribution >= 0.6 is 0 Å². The number of nitrogens with zero attached hydrogens (tertiary/aromatic N) is 2. The third-order valence-electron chi connectivity index (χ3n) is 5.95. The smallest absolute Gasteiger partial charge is 0.286 e. The van der Waals surface area contributed by atoms with E-state index in [9.17, 15) is 9.59 Å². The Morgan fingerprint density at radius 1 is 1.08 bits per heavy atom. The van der Waals surface area contributed by atoms with Gasteiger partial charge in [0.05, 0.1) is 32.1 Å². The van der Waals surface area contributed by atoms with Crippen LogP contribution in [0.25, 0.3) is 5.69 Å². The van der Waals surface area contributed by atoms with Crippen molar-refractivity contribution >= 4 is 5.91 Å². The zero-order valence-corrected chi connectivity index (χ0v) is 20.8. The van der Waals surface area contributed by atoms with Crippen LogP contribution in [0.2, 0.25) is 0 Å². The summed E-state index contributed by atoms with van der Waals surface area (Å²) in [5.74, 6) is -0.461. The van der Waals surface area contributed by atoms with Crippen LogP contribution in [0.1, 0.15) is 43.7 Å². The normalized spacial score (nSPS) is 17.5. The third-order valence-corrected chi connectivity index (χ3v) is 5.95. The van der Waals surface area contributed by atoms with E-state index in [-0.39, 0.29) is 56.2 Å². The summed E-state index contributed by atoms with van der Waals surface area (Å²) in [7, 11) is 1.82. The number of para-hydroxylation sites is 1. The van der Waals surface area contributed by atoms with Crippen molar-refractivity contribution in [2.75, 3.05) is 39.6 Å². The van der Waals surface area contributed by atoms with Crippen molar-refractivity contribution in [1.29, 1.82) is 0 Å². The van der Waals surface area contributed by atoms with Crippen molar-refractivity contribution in [3.05, 3.63) is 64.3 Å². The number of allylic oxidation sites excluding steroid dienone is 1. The molecule has 36 heavy (non-hydrogen) atoms. The molecule has 1 aliphatic heterocycles. The minimum absolute atomic E-state index is 0.0680. The highest BCUT2D eigenvalue weighted by atomic mass is 16.7. The van der Waals surface area contributed by atoms with E-state index in [4.69, 9.17) is 24.4 Å². The lowest BCUT2D eigenvalue weighted by Gasteiger charge is -2.29. The van der Waals surface area contributed by atoms with Crippen LogP contribution in [0, 0.1) is 0 Å². The Morgan fingerprint density at radius 2 is 1.86 bits per heavy atom. The highest BCUT2D eigenvalue weighted by Gasteiger charge is 2.31. The molecule has 198 valence electrons. The van der Waals surface area contributed by atoms with Crippen LogP contribution in [0.4, 0.5) is 0 Å². The molecule has 0 aliphatic carbocycles. The van der Waals surface area contributed by atoms with E-state index in [2.05, 4.69) is 5.32 Å². The van der Waals surface area contributed by atoms with Crippen LogP contribution in [0.3, 0.4) is 0 Å². The van der Waals surface area contributed by atoms with Gasteiger partial charge in [0.1, 0.15) is 0 Å². The number of hydrogen-bond acceptors (Lipinski definition) is 7. The molecule has 0 unspecified atom stereocenters. The Kier molecular flexibility index (Phi) is 11.2. The van der Waals surface area contributed by atoms with Gasteiger partial charge in [0.25, 0.3) is 11.5 Å². The zero-order valence-electron chi connectivity index (χ0n) is 20.8. The Morgan fingerprint density at radius 3 is 2.61 bits per heavy atom. The Bertz CT molecular complexity index is 1030. The molecule has 0 spiro atoms. The topological polar surface area (TPSA) is 124 Å². The van der Waals surface area contributed by atoms with E-state index in [1.165, 1.54) is 0 Å². The highest BCUT2D eigenvalue weighted by molar-refractivity contribution is 5.91. The molecule has 3 N–H and O–H groups in total. The molecule has 2 heterocycles. The van der Waals surface area contributed by atoms with E-state index < -0.39 is 6.29 Å². The Hall–Kier alpha value is -2.92. The summed E-state index contributed by atoms with van der Waals surface area (Å²) in [5, 5.41) is 20.6. The summed E-state index contributed by atoms with van der Waals surface area (Å²) in [5.41, 5.74) is 1.33. The first-order chi connectivity index (χ1) is 17.5. The quantitative estimate of drug-likeness (QED) is 0.315. The van der Waals surface area contributed by atoms with Crippen LogP contribution in [0.15, 0.2) is 53.0 Å². The van der Waals surface area contributed by atoms with Gasteiger partial charge in [-0.3, -0.25) is 14.3 Å². The van der Waals surface area contributed by atoms with Crippen molar-refractivity contribution in [2.45, 2.75) is 44.3 Å². The van der Waals surface area contributed by atoms with Gasteiger partial charge in [-0.05, 0) is 31.1 Å². The number of benzene rings is 1. The SMILES string of the molecule is Cn1c([C@H]2C=C(C(=O)NCCCCCCO)O[C@@H](OCCOCCO)C2)cc(=O)n1-c1ccccc1. The molecule has 0 saturated heterocycles. The number of aliphatic hydroxyl groups is 2. The van der Waals surface area contributed by atoms with Crippen molar-refractivity contribution < 1.29 is 29.2 Å². The highest BCUT2D eigenvalue weighted by Crippen LogP contribution is 2.31. The lowest BCUT2D eigenvalue weighted by atomic mass is 9.97. The molecule has 10 nitrogen and oxygen atoms in total. The van der Waals surface area contributed by atoms with Gasteiger partial charge < -0.3 is 29.7 Å². The average Bonchev–Trinajstić information content (AvgIpc) is 3.19. The lowest BCUT2D eigenvalue weighted by molar-refractivity contribution is -0.151. The fraction of sp³-hybridized carbons (Fsp3) is 0.538. The number of carbonyl (C=O) groups is 1. The van der Waals surface area contributed by atoms with Crippen molar-refractivity contribution in [1.82, 2.24) is 14.7 Å². The summed E-state index contributed by atoms with van der Waals surface area (Å²) in [4.78, 5) is 25.7. The van der Waals surface area contributed by atoms with Crippen molar-refractivity contribution in [2.24, 2.45) is 7.05 Å². The predicted molar refractivity (Wildman–Crippen MR) is 134 cm³/mol. The van der Waals surface area contributed by atoms with Gasteiger partial charge in [-0.1, -0.05) is 31.0 Å². The van der Waals surface area contributed by atoms with Crippen LogP contribution < -0.4 is 10.9 Å². The maximum atomic E-state index is 12.9. The molecule has 1 aromatic heterocycles. The first-order valence-corrected chi connectivity index (χ1v) is 12.5. The van der Waals surface area contributed by atoms with Crippen molar-refractivity contribution in [3.63, 3.8) is 0 Å². The number of rotatable bonds is 15. The van der Waals surface area contributed by atoms with Gasteiger partial charge >= 0.3 is 0 Å². The van der Waals surface area contributed by atoms with Gasteiger partial charge in [-0.25, -0.2) is 4.68 Å². The maximum Gasteiger partial charge on any atom is 0.286 e. The fourth-order valence-electron chi connectivity index (χ4n) is 4.17. The summed E-state index contributed by atoms with van der Waals surface area (Å²) in [6.45, 7) is 1.35. The molecule has 0 saturated carbocycles. The van der Waals surface area contributed by atoms with E-state index in [0.717, 1.165) is 37.1 Å². The number of aromatic nitrogens is 2. The molecular formula is C26H37N3O7. The average molecular weight is 504 g/mol. The Labute approximate surface area is 211 Å². The maximum absolute atomic E-state index is 12.9. The molecule has 2 aromatic rings. The van der Waals surface area contributed by atoms with Crippen molar-refractivity contribution in [3.8, 4) is 5.69 Å². The van der Waals surface area contributed by atoms with Gasteiger partial charge in [0, 0.05) is 44.3 Å². The first kappa shape index (κ1) is 27.7. The summed E-state index contributed by atoms with van der Waals surface area (Å²) >= 11 is 0. The molecule has 1 aliphatic rings. The zero-order chi connectivity index (χ0) is 25.8. The number of hydrogen-bond donors (Lipinski definition) is 3. The number of aliphatic hydroxyl groups excluding tert-OH is 2. The number of amides is 1. The van der Waals surface area contributed by atoms with Crippen LogP contribution in [-0.2, 0) is 26.1 Å². The minimum atomic E-state index is -0.696. The minimum Gasteiger partial charge on any atom is -0.459 e. The van der Waals surface area contributed by atoms with Crippen LogP contribution in [-0.4, -0.2) is 71.4 Å². The summed E-state index contributed by atoms with van der Waals surface area (Å²) < 4.78 is 20.3.